The number of hydrogen-bond donors (Lipinski definition) is 2. The highest BCUT2D eigenvalue weighted by Crippen LogP contribution is 1.95. The van der Waals surface area contributed by atoms with Crippen LogP contribution >= 0.6 is 0 Å². The summed E-state index contributed by atoms with van der Waals surface area (Å²) in [6, 6.07) is -0.0800. The molecule has 0 bridgehead atoms. The average molecular weight is 232 g/mol. The maximum absolute atomic E-state index is 10.8. The summed E-state index contributed by atoms with van der Waals surface area (Å²) < 4.78 is 4.83. The van der Waals surface area contributed by atoms with Crippen LogP contribution in [0.1, 0.15) is 20.3 Å². The van der Waals surface area contributed by atoms with Crippen molar-refractivity contribution >= 4 is 5.97 Å². The second-order valence-corrected chi connectivity index (χ2v) is 4.23. The van der Waals surface area contributed by atoms with Gasteiger partial charge in [0.2, 0.25) is 0 Å². The van der Waals surface area contributed by atoms with E-state index in [1.165, 1.54) is 7.11 Å². The molecule has 96 valence electrons. The van der Waals surface area contributed by atoms with Crippen molar-refractivity contribution in [2.75, 3.05) is 33.9 Å². The minimum Gasteiger partial charge on any atom is -0.480 e. The van der Waals surface area contributed by atoms with Crippen LogP contribution in [0.2, 0.25) is 0 Å². The van der Waals surface area contributed by atoms with Gasteiger partial charge >= 0.3 is 5.97 Å². The van der Waals surface area contributed by atoms with E-state index in [1.54, 1.807) is 0 Å². The van der Waals surface area contributed by atoms with Crippen LogP contribution in [0.15, 0.2) is 0 Å². The van der Waals surface area contributed by atoms with Crippen LogP contribution in [0.5, 0.6) is 0 Å². The summed E-state index contributed by atoms with van der Waals surface area (Å²) >= 11 is 0. The van der Waals surface area contributed by atoms with Gasteiger partial charge in [0.15, 0.2) is 0 Å². The van der Waals surface area contributed by atoms with Gasteiger partial charge in [-0.1, -0.05) is 0 Å². The van der Waals surface area contributed by atoms with Crippen molar-refractivity contribution in [3.05, 3.63) is 0 Å². The molecule has 0 heterocycles. The number of carboxylic acids is 1. The number of carbonyl (C=O) groups is 1. The average Bonchev–Trinajstić information content (AvgIpc) is 2.21. The van der Waals surface area contributed by atoms with E-state index in [-0.39, 0.29) is 6.61 Å². The fourth-order valence-electron chi connectivity index (χ4n) is 1.25. The first-order chi connectivity index (χ1) is 7.49. The number of nitrogens with zero attached hydrogens (tertiary/aromatic N) is 1. The van der Waals surface area contributed by atoms with Gasteiger partial charge in [0.05, 0.1) is 6.61 Å². The van der Waals surface area contributed by atoms with E-state index in [1.807, 2.05) is 0 Å². The van der Waals surface area contributed by atoms with Gasteiger partial charge in [0, 0.05) is 13.2 Å². The number of hydrogen-bond acceptors (Lipinski definition) is 4. The van der Waals surface area contributed by atoms with Crippen LogP contribution in [0.3, 0.4) is 0 Å². The van der Waals surface area contributed by atoms with E-state index in [0.717, 1.165) is 13.0 Å². The Kier molecular flexibility index (Phi) is 8.15. The van der Waals surface area contributed by atoms with Crippen LogP contribution < -0.4 is 5.32 Å². The van der Waals surface area contributed by atoms with Gasteiger partial charge in [0.25, 0.3) is 0 Å². The van der Waals surface area contributed by atoms with Gasteiger partial charge in [-0.15, -0.1) is 0 Å². The molecule has 0 spiro atoms. The van der Waals surface area contributed by atoms with Crippen molar-refractivity contribution in [3.8, 4) is 0 Å². The van der Waals surface area contributed by atoms with Gasteiger partial charge < -0.3 is 20.1 Å². The van der Waals surface area contributed by atoms with Crippen molar-refractivity contribution in [2.45, 2.75) is 32.4 Å². The quantitative estimate of drug-likeness (QED) is 0.564. The Balaban J connectivity index is 3.66. The molecule has 2 N–H and O–H groups in total. The first kappa shape index (κ1) is 15.3. The molecule has 0 saturated carbocycles. The second-order valence-electron chi connectivity index (χ2n) is 4.23. The Bertz CT molecular complexity index is 198. The third-order valence-corrected chi connectivity index (χ3v) is 2.59. The molecular formula is C11H24N2O3. The van der Waals surface area contributed by atoms with E-state index in [0.29, 0.717) is 12.6 Å². The maximum Gasteiger partial charge on any atom is 0.323 e. The highest BCUT2D eigenvalue weighted by Gasteiger charge is 2.15. The lowest BCUT2D eigenvalue weighted by Crippen LogP contribution is -2.41. The van der Waals surface area contributed by atoms with E-state index in [4.69, 9.17) is 9.84 Å². The van der Waals surface area contributed by atoms with Crippen molar-refractivity contribution in [2.24, 2.45) is 0 Å². The van der Waals surface area contributed by atoms with Crippen molar-refractivity contribution in [1.29, 1.82) is 0 Å². The molecule has 0 aromatic rings. The predicted molar refractivity (Wildman–Crippen MR) is 63.7 cm³/mol. The minimum atomic E-state index is -0.862. The summed E-state index contributed by atoms with van der Waals surface area (Å²) in [7, 11) is 3.57. The Labute approximate surface area is 97.8 Å². The Morgan fingerprint density at radius 1 is 1.50 bits per heavy atom. The zero-order valence-electron chi connectivity index (χ0n) is 10.7. The van der Waals surface area contributed by atoms with Gasteiger partial charge in [-0.25, -0.2) is 0 Å². The van der Waals surface area contributed by atoms with E-state index in [2.05, 4.69) is 31.1 Å². The molecular weight excluding hydrogens is 208 g/mol. The molecule has 5 heteroatoms. The monoisotopic (exact) mass is 232 g/mol. The Morgan fingerprint density at radius 3 is 2.56 bits per heavy atom. The lowest BCUT2D eigenvalue weighted by atomic mass is 10.2. The molecule has 0 aliphatic rings. The number of ether oxygens (including phenoxy) is 1. The molecule has 0 aliphatic carbocycles. The summed E-state index contributed by atoms with van der Waals surface area (Å²) in [6.45, 7) is 6.13. The summed E-state index contributed by atoms with van der Waals surface area (Å²) in [5.74, 6) is -0.862. The van der Waals surface area contributed by atoms with Crippen LogP contribution in [-0.4, -0.2) is 61.9 Å². The molecule has 0 aromatic carbocycles. The maximum atomic E-state index is 10.8. The van der Waals surface area contributed by atoms with E-state index >= 15 is 0 Å². The summed E-state index contributed by atoms with van der Waals surface area (Å²) in [4.78, 5) is 13.0. The molecule has 0 saturated heterocycles. The molecule has 0 aliphatic heterocycles. The predicted octanol–water partition coefficient (Wildman–Crippen LogP) is 0.406. The first-order valence-electron chi connectivity index (χ1n) is 5.64. The topological polar surface area (TPSA) is 61.8 Å². The fourth-order valence-corrected chi connectivity index (χ4v) is 1.25. The zero-order valence-corrected chi connectivity index (χ0v) is 10.7. The number of methoxy groups -OCH3 is 1. The Morgan fingerprint density at radius 2 is 2.12 bits per heavy atom. The van der Waals surface area contributed by atoms with Gasteiger partial charge in [0.1, 0.15) is 6.04 Å². The smallest absolute Gasteiger partial charge is 0.323 e. The number of rotatable bonds is 9. The van der Waals surface area contributed by atoms with Gasteiger partial charge in [-0.2, -0.15) is 0 Å². The van der Waals surface area contributed by atoms with E-state index < -0.39 is 12.0 Å². The summed E-state index contributed by atoms with van der Waals surface area (Å²) in [6.07, 6.45) is 0.933. The summed E-state index contributed by atoms with van der Waals surface area (Å²) in [5, 5.41) is 11.8. The number of nitrogens with one attached hydrogen (secondary N) is 1. The SMILES string of the molecule is COCC(NCCCN(C)C(C)C)C(=O)O. The molecule has 0 rings (SSSR count). The lowest BCUT2D eigenvalue weighted by Gasteiger charge is -2.21. The van der Waals surface area contributed by atoms with Gasteiger partial charge in [-0.3, -0.25) is 4.79 Å². The highest BCUT2D eigenvalue weighted by molar-refractivity contribution is 5.73. The zero-order chi connectivity index (χ0) is 12.6. The van der Waals surface area contributed by atoms with Crippen LogP contribution in [0, 0.1) is 0 Å². The molecule has 1 atom stereocenters. The van der Waals surface area contributed by atoms with Crippen molar-refractivity contribution in [3.63, 3.8) is 0 Å². The standard InChI is InChI=1S/C11H24N2O3/c1-9(2)13(3)7-5-6-12-10(8-16-4)11(14)15/h9-10,12H,5-8H2,1-4H3,(H,14,15). The summed E-state index contributed by atoms with van der Waals surface area (Å²) in [5.41, 5.74) is 0. The number of carboxylic acid groups (broad SMARTS) is 1. The molecule has 5 nitrogen and oxygen atoms in total. The minimum absolute atomic E-state index is 0.204. The highest BCUT2D eigenvalue weighted by atomic mass is 16.5. The molecule has 16 heavy (non-hydrogen) atoms. The second kappa shape index (κ2) is 8.50. The van der Waals surface area contributed by atoms with Gasteiger partial charge in [-0.05, 0) is 40.4 Å². The van der Waals surface area contributed by atoms with Crippen LogP contribution in [0.4, 0.5) is 0 Å². The van der Waals surface area contributed by atoms with Crippen LogP contribution in [0.25, 0.3) is 0 Å². The largest absolute Gasteiger partial charge is 0.480 e. The molecule has 0 aromatic heterocycles. The first-order valence-corrected chi connectivity index (χ1v) is 5.64. The molecule has 0 radical (unpaired) electrons. The molecule has 0 amide bonds. The molecule has 1 unspecified atom stereocenters. The third-order valence-electron chi connectivity index (χ3n) is 2.59. The van der Waals surface area contributed by atoms with Crippen molar-refractivity contribution < 1.29 is 14.6 Å². The molecule has 0 fully saturated rings. The third kappa shape index (κ3) is 6.76. The lowest BCUT2D eigenvalue weighted by molar-refractivity contribution is -0.140. The Hall–Kier alpha value is -0.650. The fraction of sp³-hybridized carbons (Fsp3) is 0.909. The van der Waals surface area contributed by atoms with Crippen LogP contribution in [-0.2, 0) is 9.53 Å². The number of aliphatic carboxylic acids is 1. The van der Waals surface area contributed by atoms with E-state index in [9.17, 15) is 4.79 Å². The van der Waals surface area contributed by atoms with Crippen molar-refractivity contribution in [1.82, 2.24) is 10.2 Å². The normalized spacial score (nSPS) is 13.4.